The summed E-state index contributed by atoms with van der Waals surface area (Å²) in [5, 5.41) is 5.15. The number of hydrogen-bond donors (Lipinski definition) is 3. The first kappa shape index (κ1) is 19.0. The van der Waals surface area contributed by atoms with Gasteiger partial charge >= 0.3 is 0 Å². The standard InChI is InChI=1S/C16H23F2N3O2/c1-5-21(10-15(23)20-16(2,3)4)9-14(22)19-13-8-11(17)6-7-12(13)18/h6-8H,5,9-10H2,1-4H3,(H,19,22)(H,20,23)/p+1. The molecule has 0 heterocycles. The van der Waals surface area contributed by atoms with Gasteiger partial charge in [-0.15, -0.1) is 0 Å². The van der Waals surface area contributed by atoms with E-state index in [4.69, 9.17) is 0 Å². The lowest BCUT2D eigenvalue weighted by atomic mass is 10.1. The van der Waals surface area contributed by atoms with Crippen molar-refractivity contribution in [1.82, 2.24) is 5.32 Å². The van der Waals surface area contributed by atoms with Crippen LogP contribution in [0.3, 0.4) is 0 Å². The smallest absolute Gasteiger partial charge is 0.279 e. The predicted octanol–water partition coefficient (Wildman–Crippen LogP) is 0.723. The normalized spacial score (nSPS) is 12.6. The fourth-order valence-corrected chi connectivity index (χ4v) is 2.02. The van der Waals surface area contributed by atoms with Gasteiger partial charge in [0.1, 0.15) is 11.6 Å². The molecule has 5 nitrogen and oxygen atoms in total. The quantitative estimate of drug-likeness (QED) is 0.721. The van der Waals surface area contributed by atoms with Gasteiger partial charge in [-0.2, -0.15) is 0 Å². The van der Waals surface area contributed by atoms with Crippen LogP contribution >= 0.6 is 0 Å². The van der Waals surface area contributed by atoms with Gasteiger partial charge in [-0.1, -0.05) is 0 Å². The number of anilines is 1. The van der Waals surface area contributed by atoms with Crippen molar-refractivity contribution in [1.29, 1.82) is 0 Å². The van der Waals surface area contributed by atoms with Crippen LogP contribution in [0.15, 0.2) is 18.2 Å². The van der Waals surface area contributed by atoms with E-state index in [1.807, 2.05) is 27.7 Å². The van der Waals surface area contributed by atoms with Crippen molar-refractivity contribution in [2.45, 2.75) is 33.2 Å². The fourth-order valence-electron chi connectivity index (χ4n) is 2.02. The second-order valence-electron chi connectivity index (χ2n) is 6.43. The Morgan fingerprint density at radius 1 is 1.13 bits per heavy atom. The topological polar surface area (TPSA) is 62.6 Å². The molecule has 3 N–H and O–H groups in total. The average molecular weight is 328 g/mol. The summed E-state index contributed by atoms with van der Waals surface area (Å²) < 4.78 is 26.6. The average Bonchev–Trinajstić information content (AvgIpc) is 2.40. The van der Waals surface area contributed by atoms with E-state index in [1.54, 1.807) is 0 Å². The van der Waals surface area contributed by atoms with Gasteiger partial charge in [0, 0.05) is 11.6 Å². The van der Waals surface area contributed by atoms with Crippen LogP contribution in [0.4, 0.5) is 14.5 Å². The summed E-state index contributed by atoms with van der Waals surface area (Å²) in [7, 11) is 0. The summed E-state index contributed by atoms with van der Waals surface area (Å²) in [6, 6.07) is 2.85. The van der Waals surface area contributed by atoms with Crippen molar-refractivity contribution in [3.8, 4) is 0 Å². The maximum absolute atomic E-state index is 13.5. The molecule has 1 aromatic rings. The Labute approximate surface area is 135 Å². The summed E-state index contributed by atoms with van der Waals surface area (Å²) in [6.45, 7) is 8.13. The molecule has 0 aliphatic rings. The Hall–Kier alpha value is -2.02. The summed E-state index contributed by atoms with van der Waals surface area (Å²) in [4.78, 5) is 24.6. The van der Waals surface area contributed by atoms with Crippen molar-refractivity contribution in [2.24, 2.45) is 0 Å². The van der Waals surface area contributed by atoms with Crippen molar-refractivity contribution >= 4 is 17.5 Å². The Morgan fingerprint density at radius 3 is 2.30 bits per heavy atom. The molecule has 0 aliphatic carbocycles. The van der Waals surface area contributed by atoms with E-state index in [-0.39, 0.29) is 30.2 Å². The summed E-state index contributed by atoms with van der Waals surface area (Å²) in [5.41, 5.74) is -0.548. The minimum Gasteiger partial charge on any atom is -0.347 e. The third-order valence-electron chi connectivity index (χ3n) is 3.04. The van der Waals surface area contributed by atoms with Crippen molar-refractivity contribution in [3.05, 3.63) is 29.8 Å². The molecule has 1 rings (SSSR count). The van der Waals surface area contributed by atoms with Crippen LogP contribution in [0.5, 0.6) is 0 Å². The number of hydrogen-bond acceptors (Lipinski definition) is 2. The summed E-state index contributed by atoms with van der Waals surface area (Å²) in [5.74, 6) is -1.98. The fraction of sp³-hybridized carbons (Fsp3) is 0.500. The van der Waals surface area contributed by atoms with Gasteiger partial charge in [0.15, 0.2) is 13.1 Å². The highest BCUT2D eigenvalue weighted by Crippen LogP contribution is 2.14. The van der Waals surface area contributed by atoms with E-state index in [0.29, 0.717) is 6.54 Å². The predicted molar refractivity (Wildman–Crippen MR) is 84.1 cm³/mol. The molecular weight excluding hydrogens is 304 g/mol. The number of halogens is 2. The number of benzene rings is 1. The molecule has 0 fully saturated rings. The number of quaternary nitrogens is 1. The molecule has 1 atom stereocenters. The number of carbonyl (C=O) groups is 2. The van der Waals surface area contributed by atoms with E-state index in [1.165, 1.54) is 0 Å². The molecule has 2 amide bonds. The van der Waals surface area contributed by atoms with Gasteiger partial charge < -0.3 is 15.5 Å². The first-order chi connectivity index (χ1) is 10.6. The second-order valence-corrected chi connectivity index (χ2v) is 6.43. The highest BCUT2D eigenvalue weighted by atomic mass is 19.1. The summed E-state index contributed by atoms with van der Waals surface area (Å²) >= 11 is 0. The van der Waals surface area contributed by atoms with Crippen LogP contribution in [0.2, 0.25) is 0 Å². The van der Waals surface area contributed by atoms with Crippen LogP contribution in [-0.4, -0.2) is 37.0 Å². The van der Waals surface area contributed by atoms with E-state index < -0.39 is 17.5 Å². The molecule has 0 aliphatic heterocycles. The number of amides is 2. The SMILES string of the molecule is CC[NH+](CC(=O)Nc1cc(F)ccc1F)CC(=O)NC(C)(C)C. The van der Waals surface area contributed by atoms with Crippen molar-refractivity contribution < 1.29 is 23.3 Å². The zero-order chi connectivity index (χ0) is 17.6. The minimum atomic E-state index is -0.705. The minimum absolute atomic E-state index is 0.00990. The molecule has 1 unspecified atom stereocenters. The molecule has 128 valence electrons. The van der Waals surface area contributed by atoms with Crippen LogP contribution in [0.25, 0.3) is 0 Å². The molecule has 7 heteroatoms. The Morgan fingerprint density at radius 2 is 1.74 bits per heavy atom. The molecular formula is C16H24F2N3O2+. The van der Waals surface area contributed by atoms with Gasteiger partial charge in [-0.05, 0) is 39.8 Å². The number of carbonyl (C=O) groups excluding carboxylic acids is 2. The Kier molecular flexibility index (Phi) is 6.62. The second kappa shape index (κ2) is 8.01. The van der Waals surface area contributed by atoms with Gasteiger partial charge in [0.25, 0.3) is 11.8 Å². The molecule has 0 radical (unpaired) electrons. The lowest BCUT2D eigenvalue weighted by molar-refractivity contribution is -0.881. The zero-order valence-corrected chi connectivity index (χ0v) is 13.9. The zero-order valence-electron chi connectivity index (χ0n) is 13.9. The van der Waals surface area contributed by atoms with Crippen LogP contribution in [-0.2, 0) is 9.59 Å². The Bertz CT molecular complexity index is 571. The van der Waals surface area contributed by atoms with Crippen molar-refractivity contribution in [2.75, 3.05) is 25.0 Å². The van der Waals surface area contributed by atoms with E-state index in [0.717, 1.165) is 23.1 Å². The molecule has 1 aromatic carbocycles. The van der Waals surface area contributed by atoms with Gasteiger partial charge in [0.2, 0.25) is 0 Å². The number of nitrogens with one attached hydrogen (secondary N) is 3. The molecule has 0 saturated carbocycles. The number of likely N-dealkylation sites (N-methyl/N-ethyl adjacent to an activating group) is 1. The van der Waals surface area contributed by atoms with E-state index in [9.17, 15) is 18.4 Å². The van der Waals surface area contributed by atoms with Crippen LogP contribution in [0.1, 0.15) is 27.7 Å². The first-order valence-corrected chi connectivity index (χ1v) is 7.50. The highest BCUT2D eigenvalue weighted by Gasteiger charge is 2.20. The van der Waals surface area contributed by atoms with Gasteiger partial charge in [-0.25, -0.2) is 8.78 Å². The van der Waals surface area contributed by atoms with E-state index >= 15 is 0 Å². The molecule has 0 bridgehead atoms. The Balaban J connectivity index is 2.59. The lowest BCUT2D eigenvalue weighted by Crippen LogP contribution is -3.14. The first-order valence-electron chi connectivity index (χ1n) is 7.50. The maximum Gasteiger partial charge on any atom is 0.279 e. The van der Waals surface area contributed by atoms with Crippen molar-refractivity contribution in [3.63, 3.8) is 0 Å². The molecule has 0 saturated heterocycles. The monoisotopic (exact) mass is 328 g/mol. The number of rotatable bonds is 6. The molecule has 0 spiro atoms. The van der Waals surface area contributed by atoms with Crippen LogP contribution < -0.4 is 15.5 Å². The summed E-state index contributed by atoms with van der Waals surface area (Å²) in [6.07, 6.45) is 0. The highest BCUT2D eigenvalue weighted by molar-refractivity contribution is 5.91. The largest absolute Gasteiger partial charge is 0.347 e. The lowest BCUT2D eigenvalue weighted by Gasteiger charge is -2.23. The van der Waals surface area contributed by atoms with E-state index in [2.05, 4.69) is 10.6 Å². The molecule has 23 heavy (non-hydrogen) atoms. The molecule has 0 aromatic heterocycles. The van der Waals surface area contributed by atoms with Crippen LogP contribution in [0, 0.1) is 11.6 Å². The van der Waals surface area contributed by atoms with Gasteiger partial charge in [-0.3, -0.25) is 9.59 Å². The maximum atomic E-state index is 13.5. The third kappa shape index (κ3) is 7.19. The third-order valence-corrected chi connectivity index (χ3v) is 3.04. The van der Waals surface area contributed by atoms with Gasteiger partial charge in [0.05, 0.1) is 12.2 Å².